The van der Waals surface area contributed by atoms with Gasteiger partial charge in [-0.3, -0.25) is 8.97 Å². The summed E-state index contributed by atoms with van der Waals surface area (Å²) in [5, 5.41) is 8.04. The molecule has 0 spiro atoms. The average Bonchev–Trinajstić information content (AvgIpc) is 3.88. The van der Waals surface area contributed by atoms with Crippen LogP contribution >= 0.6 is 0 Å². The van der Waals surface area contributed by atoms with E-state index >= 15 is 0 Å². The zero-order chi connectivity index (χ0) is 32.8. The fraction of sp³-hybridized carbons (Fsp3) is 0. The van der Waals surface area contributed by atoms with Gasteiger partial charge < -0.3 is 9.30 Å². The summed E-state index contributed by atoms with van der Waals surface area (Å²) < 4.78 is 13.4. The first-order valence-corrected chi connectivity index (χ1v) is 16.7. The van der Waals surface area contributed by atoms with E-state index in [1.807, 2.05) is 42.9 Å². The zero-order valence-electron chi connectivity index (χ0n) is 26.7. The van der Waals surface area contributed by atoms with Crippen molar-refractivity contribution in [1.29, 1.82) is 0 Å². The highest BCUT2D eigenvalue weighted by molar-refractivity contribution is 6.18. The van der Waals surface area contributed by atoms with Gasteiger partial charge in [0.05, 0.1) is 27.8 Å². The molecule has 234 valence electrons. The number of rotatable bonds is 4. The molecule has 0 atom stereocenters. The van der Waals surface area contributed by atoms with E-state index in [9.17, 15) is 0 Å². The molecule has 0 saturated heterocycles. The van der Waals surface area contributed by atoms with Crippen molar-refractivity contribution in [3.8, 4) is 22.9 Å². The number of hydrogen-bond acceptors (Lipinski definition) is 3. The van der Waals surface area contributed by atoms with Crippen LogP contribution in [0.3, 0.4) is 0 Å². The van der Waals surface area contributed by atoms with Gasteiger partial charge in [-0.1, -0.05) is 60.7 Å². The molecular weight excluding hydrogens is 615 g/mol. The molecule has 0 aliphatic heterocycles. The Morgan fingerprint density at radius 1 is 0.380 bits per heavy atom. The first-order chi connectivity index (χ1) is 24.8. The lowest BCUT2D eigenvalue weighted by Crippen LogP contribution is -1.96. The van der Waals surface area contributed by atoms with Crippen LogP contribution in [0.2, 0.25) is 0 Å². The van der Waals surface area contributed by atoms with Crippen LogP contribution in [0.4, 0.5) is 0 Å². The van der Waals surface area contributed by atoms with Gasteiger partial charge >= 0.3 is 0 Å². The molecule has 6 heteroatoms. The van der Waals surface area contributed by atoms with E-state index in [1.54, 1.807) is 0 Å². The Bertz CT molecular complexity index is 3130. The lowest BCUT2D eigenvalue weighted by molar-refractivity contribution is 0.483. The molecule has 0 aliphatic rings. The van der Waals surface area contributed by atoms with E-state index in [-0.39, 0.29) is 0 Å². The number of para-hydroxylation sites is 3. The Kier molecular flexibility index (Phi) is 5.57. The van der Waals surface area contributed by atoms with Crippen molar-refractivity contribution in [2.75, 3.05) is 0 Å². The number of benzene rings is 6. The summed E-state index contributed by atoms with van der Waals surface area (Å²) in [7, 11) is 0. The summed E-state index contributed by atoms with van der Waals surface area (Å²) >= 11 is 0. The van der Waals surface area contributed by atoms with Crippen LogP contribution in [-0.2, 0) is 0 Å². The minimum Gasteiger partial charge on any atom is -0.457 e. The minimum absolute atomic E-state index is 0.745. The maximum absolute atomic E-state index is 6.59. The average molecular weight is 642 g/mol. The fourth-order valence-electron chi connectivity index (χ4n) is 7.86. The summed E-state index contributed by atoms with van der Waals surface area (Å²) in [5.41, 5.74) is 8.52. The first kappa shape index (κ1) is 27.1. The number of nitrogens with zero attached hydrogens (tertiary/aromatic N) is 5. The van der Waals surface area contributed by atoms with E-state index in [2.05, 4.69) is 135 Å². The monoisotopic (exact) mass is 641 g/mol. The molecule has 0 saturated carbocycles. The molecule has 0 unspecified atom stereocenters. The first-order valence-electron chi connectivity index (χ1n) is 16.7. The number of ether oxygens (including phenoxy) is 1. The van der Waals surface area contributed by atoms with Crippen molar-refractivity contribution >= 4 is 71.1 Å². The van der Waals surface area contributed by atoms with Crippen LogP contribution in [0, 0.1) is 0 Å². The van der Waals surface area contributed by atoms with Gasteiger partial charge in [0.25, 0.3) is 0 Å². The quantitative estimate of drug-likeness (QED) is 0.180. The van der Waals surface area contributed by atoms with Crippen molar-refractivity contribution in [3.63, 3.8) is 0 Å². The minimum atomic E-state index is 0.745. The molecule has 0 aliphatic carbocycles. The standard InChI is InChI=1S/C44H27N5O/c1-2-10-28(11-3-1)48-40-18-7-5-15-34(40)36-26-42-37(27-41(36)48)35-16-9-21-45-44(35)49(42)29-12-8-13-30(24-29)50-31-19-20-32-33-14-4-6-17-39(33)47-23-22-46-43(47)38(32)25-31/h1-27H. The van der Waals surface area contributed by atoms with Gasteiger partial charge in [0.15, 0.2) is 0 Å². The molecule has 0 N–H and O–H groups in total. The molecule has 0 amide bonds. The van der Waals surface area contributed by atoms with Crippen LogP contribution in [0.1, 0.15) is 0 Å². The van der Waals surface area contributed by atoms with Gasteiger partial charge in [-0.05, 0) is 84.2 Å². The molecule has 5 heterocycles. The van der Waals surface area contributed by atoms with E-state index in [0.717, 1.165) is 66.7 Å². The van der Waals surface area contributed by atoms with Crippen molar-refractivity contribution in [2.24, 2.45) is 0 Å². The van der Waals surface area contributed by atoms with Crippen molar-refractivity contribution < 1.29 is 4.74 Å². The molecule has 6 aromatic carbocycles. The molecular formula is C44H27N5O. The predicted octanol–water partition coefficient (Wildman–Crippen LogP) is 11.0. The molecule has 11 aromatic rings. The molecule has 6 nitrogen and oxygen atoms in total. The highest BCUT2D eigenvalue weighted by Crippen LogP contribution is 2.40. The third-order valence-corrected chi connectivity index (χ3v) is 9.97. The fourth-order valence-corrected chi connectivity index (χ4v) is 7.86. The summed E-state index contributed by atoms with van der Waals surface area (Å²) in [5.74, 6) is 1.50. The third kappa shape index (κ3) is 3.84. The molecule has 0 radical (unpaired) electrons. The van der Waals surface area contributed by atoms with E-state index < -0.39 is 0 Å². The summed E-state index contributed by atoms with van der Waals surface area (Å²) in [6, 6.07) is 51.1. The maximum atomic E-state index is 6.59. The van der Waals surface area contributed by atoms with Crippen molar-refractivity contribution in [2.45, 2.75) is 0 Å². The second-order valence-corrected chi connectivity index (χ2v) is 12.7. The van der Waals surface area contributed by atoms with Crippen LogP contribution in [0.5, 0.6) is 11.5 Å². The molecule has 0 fully saturated rings. The topological polar surface area (TPSA) is 49.3 Å². The summed E-state index contributed by atoms with van der Waals surface area (Å²) in [6.07, 6.45) is 5.73. The van der Waals surface area contributed by atoms with E-state index in [0.29, 0.717) is 0 Å². The summed E-state index contributed by atoms with van der Waals surface area (Å²) in [4.78, 5) is 9.62. The van der Waals surface area contributed by atoms with Crippen LogP contribution < -0.4 is 4.74 Å². The Hall–Kier alpha value is -6.92. The van der Waals surface area contributed by atoms with Crippen LogP contribution in [0.15, 0.2) is 164 Å². The van der Waals surface area contributed by atoms with Gasteiger partial charge in [0.1, 0.15) is 22.8 Å². The Labute approximate surface area is 285 Å². The van der Waals surface area contributed by atoms with Crippen LogP contribution in [0.25, 0.3) is 82.4 Å². The van der Waals surface area contributed by atoms with Gasteiger partial charge in [0, 0.05) is 62.7 Å². The molecule has 50 heavy (non-hydrogen) atoms. The third-order valence-electron chi connectivity index (χ3n) is 9.97. The van der Waals surface area contributed by atoms with Crippen molar-refractivity contribution in [1.82, 2.24) is 23.5 Å². The molecule has 11 rings (SSSR count). The Morgan fingerprint density at radius 2 is 1.06 bits per heavy atom. The highest BCUT2D eigenvalue weighted by Gasteiger charge is 2.19. The second kappa shape index (κ2) is 10.3. The van der Waals surface area contributed by atoms with E-state index in [4.69, 9.17) is 14.7 Å². The molecule has 5 aromatic heterocycles. The number of pyridine rings is 2. The number of aromatic nitrogens is 5. The van der Waals surface area contributed by atoms with Gasteiger partial charge in [-0.25, -0.2) is 9.97 Å². The normalized spacial score (nSPS) is 12.0. The van der Waals surface area contributed by atoms with E-state index in [1.165, 1.54) is 27.2 Å². The predicted molar refractivity (Wildman–Crippen MR) is 203 cm³/mol. The Morgan fingerprint density at radius 3 is 1.94 bits per heavy atom. The summed E-state index contributed by atoms with van der Waals surface area (Å²) in [6.45, 7) is 0. The Balaban J connectivity index is 1.09. The molecule has 0 bridgehead atoms. The van der Waals surface area contributed by atoms with Gasteiger partial charge in [-0.15, -0.1) is 0 Å². The smallest absolute Gasteiger partial charge is 0.145 e. The number of imidazole rings is 1. The number of hydrogen-bond donors (Lipinski definition) is 0. The highest BCUT2D eigenvalue weighted by atomic mass is 16.5. The van der Waals surface area contributed by atoms with Crippen LogP contribution in [-0.4, -0.2) is 23.5 Å². The zero-order valence-corrected chi connectivity index (χ0v) is 26.7. The lowest BCUT2D eigenvalue weighted by atomic mass is 10.1. The maximum Gasteiger partial charge on any atom is 0.145 e. The largest absolute Gasteiger partial charge is 0.457 e. The van der Waals surface area contributed by atoms with Crippen molar-refractivity contribution in [3.05, 3.63) is 164 Å². The lowest BCUT2D eigenvalue weighted by Gasteiger charge is -2.12. The van der Waals surface area contributed by atoms with Gasteiger partial charge in [-0.2, -0.15) is 0 Å². The number of fused-ring (bicyclic) bond motifs is 12. The SMILES string of the molecule is c1ccc(-n2c3ccccc3c3cc4c(cc32)c2cccnc2n4-c2cccc(Oc3ccc4c5ccccc5n5ccnc5c4c3)c2)cc1. The second-order valence-electron chi connectivity index (χ2n) is 12.7. The van der Waals surface area contributed by atoms with Gasteiger partial charge in [0.2, 0.25) is 0 Å².